The molecule has 6 nitrogen and oxygen atoms in total. The summed E-state index contributed by atoms with van der Waals surface area (Å²) in [5.74, 6) is 1.30. The Kier molecular flexibility index (Phi) is 6.69. The van der Waals surface area contributed by atoms with Gasteiger partial charge in [0.1, 0.15) is 5.15 Å². The first-order valence-electron chi connectivity index (χ1n) is 8.29. The molecule has 7 heteroatoms. The predicted molar refractivity (Wildman–Crippen MR) is 104 cm³/mol. The third-order valence-corrected chi connectivity index (χ3v) is 4.10. The van der Waals surface area contributed by atoms with Gasteiger partial charge in [0.2, 0.25) is 5.91 Å². The van der Waals surface area contributed by atoms with Crippen molar-refractivity contribution in [2.24, 2.45) is 5.92 Å². The number of aromatic nitrogens is 2. The minimum Gasteiger partial charge on any atom is -0.493 e. The van der Waals surface area contributed by atoms with E-state index in [1.54, 1.807) is 43.2 Å². The normalized spacial score (nSPS) is 11.2. The molecule has 2 rings (SSSR count). The number of ether oxygens (including phenoxy) is 2. The molecule has 0 saturated carbocycles. The van der Waals surface area contributed by atoms with Crippen molar-refractivity contribution < 1.29 is 14.3 Å². The maximum absolute atomic E-state index is 12.2. The van der Waals surface area contributed by atoms with Crippen LogP contribution in [0.4, 0.5) is 5.69 Å². The third-order valence-electron chi connectivity index (χ3n) is 3.70. The van der Waals surface area contributed by atoms with Gasteiger partial charge in [0.15, 0.2) is 11.5 Å². The molecule has 0 atom stereocenters. The van der Waals surface area contributed by atoms with Gasteiger partial charge in [0, 0.05) is 29.9 Å². The zero-order chi connectivity index (χ0) is 19.3. The van der Waals surface area contributed by atoms with E-state index in [4.69, 9.17) is 21.1 Å². The largest absolute Gasteiger partial charge is 0.493 e. The number of halogens is 1. The summed E-state index contributed by atoms with van der Waals surface area (Å²) in [5, 5.41) is 7.74. The summed E-state index contributed by atoms with van der Waals surface area (Å²) >= 11 is 6.38. The lowest BCUT2D eigenvalue weighted by atomic mass is 10.2. The van der Waals surface area contributed by atoms with Crippen LogP contribution in [0.25, 0.3) is 6.08 Å². The maximum Gasteiger partial charge on any atom is 0.248 e. The van der Waals surface area contributed by atoms with Crippen LogP contribution in [-0.4, -0.2) is 29.9 Å². The molecule has 0 radical (unpaired) electrons. The van der Waals surface area contributed by atoms with Gasteiger partial charge in [-0.25, -0.2) is 0 Å². The van der Waals surface area contributed by atoms with Crippen molar-refractivity contribution >= 4 is 29.3 Å². The van der Waals surface area contributed by atoms with E-state index in [1.807, 2.05) is 6.92 Å². The molecule has 140 valence electrons. The Bertz CT molecular complexity index is 813. The zero-order valence-corrected chi connectivity index (χ0v) is 16.4. The molecule has 0 aliphatic carbocycles. The van der Waals surface area contributed by atoms with E-state index in [9.17, 15) is 4.79 Å². The molecule has 0 aliphatic rings. The lowest BCUT2D eigenvalue weighted by Gasteiger charge is -2.09. The number of rotatable bonds is 7. The van der Waals surface area contributed by atoms with Gasteiger partial charge >= 0.3 is 0 Å². The average molecular weight is 378 g/mol. The van der Waals surface area contributed by atoms with Crippen molar-refractivity contribution in [1.29, 1.82) is 0 Å². The van der Waals surface area contributed by atoms with Gasteiger partial charge in [0.05, 0.1) is 19.9 Å². The number of hydrogen-bond acceptors (Lipinski definition) is 4. The molecule has 26 heavy (non-hydrogen) atoms. The SMILES string of the molecule is COc1ccc(NC(=O)/C=C/c2c(C)nn(CC(C)C)c2Cl)cc1OC. The van der Waals surface area contributed by atoms with Crippen LogP contribution in [-0.2, 0) is 11.3 Å². The number of hydrogen-bond donors (Lipinski definition) is 1. The molecule has 1 aromatic heterocycles. The number of carbonyl (C=O) groups is 1. The van der Waals surface area contributed by atoms with E-state index in [0.717, 1.165) is 17.8 Å². The minimum atomic E-state index is -0.274. The first kappa shape index (κ1) is 19.8. The summed E-state index contributed by atoms with van der Waals surface area (Å²) in [5.41, 5.74) is 2.14. The predicted octanol–water partition coefficient (Wildman–Crippen LogP) is 4.17. The Balaban J connectivity index is 2.12. The molecule has 0 spiro atoms. The first-order chi connectivity index (χ1) is 12.3. The summed E-state index contributed by atoms with van der Waals surface area (Å²) in [4.78, 5) is 12.2. The van der Waals surface area contributed by atoms with E-state index in [2.05, 4.69) is 24.3 Å². The maximum atomic E-state index is 12.2. The van der Waals surface area contributed by atoms with E-state index in [-0.39, 0.29) is 5.91 Å². The van der Waals surface area contributed by atoms with Crippen LogP contribution in [0.5, 0.6) is 11.5 Å². The molecule has 0 unspecified atom stereocenters. The van der Waals surface area contributed by atoms with E-state index in [0.29, 0.717) is 28.3 Å². The number of aryl methyl sites for hydroxylation is 1. The fourth-order valence-corrected chi connectivity index (χ4v) is 2.79. The number of anilines is 1. The Morgan fingerprint density at radius 2 is 2.00 bits per heavy atom. The number of methoxy groups -OCH3 is 2. The molecule has 2 aromatic rings. The minimum absolute atomic E-state index is 0.274. The van der Waals surface area contributed by atoms with Crippen molar-refractivity contribution in [3.63, 3.8) is 0 Å². The highest BCUT2D eigenvalue weighted by atomic mass is 35.5. The Labute approximate surface area is 158 Å². The summed E-state index contributed by atoms with van der Waals surface area (Å²) in [6, 6.07) is 5.17. The summed E-state index contributed by atoms with van der Waals surface area (Å²) in [6.45, 7) is 6.79. The number of nitrogens with zero attached hydrogens (tertiary/aromatic N) is 2. The van der Waals surface area contributed by atoms with Crippen LogP contribution in [0.2, 0.25) is 5.15 Å². The molecular formula is C19H24ClN3O3. The highest BCUT2D eigenvalue weighted by Crippen LogP contribution is 2.29. The number of benzene rings is 1. The Hall–Kier alpha value is -2.47. The van der Waals surface area contributed by atoms with Crippen molar-refractivity contribution in [2.45, 2.75) is 27.3 Å². The second-order valence-electron chi connectivity index (χ2n) is 6.26. The van der Waals surface area contributed by atoms with Crippen LogP contribution in [0.3, 0.4) is 0 Å². The second kappa shape index (κ2) is 8.76. The standard InChI is InChI=1S/C19H24ClN3O3/c1-12(2)11-23-19(20)15(13(3)22-23)7-9-18(24)21-14-6-8-16(25-4)17(10-14)26-5/h6-10,12H,11H2,1-5H3,(H,21,24)/b9-7+. The van der Waals surface area contributed by atoms with Crippen LogP contribution in [0.15, 0.2) is 24.3 Å². The number of carbonyl (C=O) groups excluding carboxylic acids is 1. The molecule has 1 aromatic carbocycles. The van der Waals surface area contributed by atoms with Gasteiger partial charge in [-0.2, -0.15) is 5.10 Å². The number of nitrogens with one attached hydrogen (secondary N) is 1. The van der Waals surface area contributed by atoms with Crippen LogP contribution < -0.4 is 14.8 Å². The van der Waals surface area contributed by atoms with Crippen LogP contribution in [0, 0.1) is 12.8 Å². The van der Waals surface area contributed by atoms with Gasteiger partial charge in [-0.1, -0.05) is 25.4 Å². The van der Waals surface area contributed by atoms with Crippen molar-refractivity contribution in [3.05, 3.63) is 40.7 Å². The summed E-state index contributed by atoms with van der Waals surface area (Å²) in [7, 11) is 3.10. The third kappa shape index (κ3) is 4.79. The highest BCUT2D eigenvalue weighted by molar-refractivity contribution is 6.31. The number of amides is 1. The quantitative estimate of drug-likeness (QED) is 0.735. The molecule has 1 heterocycles. The zero-order valence-electron chi connectivity index (χ0n) is 15.7. The van der Waals surface area contributed by atoms with Crippen molar-refractivity contribution in [2.75, 3.05) is 19.5 Å². The average Bonchev–Trinajstić information content (AvgIpc) is 2.85. The van der Waals surface area contributed by atoms with Crippen molar-refractivity contribution in [1.82, 2.24) is 9.78 Å². The fourth-order valence-electron chi connectivity index (χ4n) is 2.48. The van der Waals surface area contributed by atoms with E-state index < -0.39 is 0 Å². The highest BCUT2D eigenvalue weighted by Gasteiger charge is 2.12. The summed E-state index contributed by atoms with van der Waals surface area (Å²) in [6.07, 6.45) is 3.11. The first-order valence-corrected chi connectivity index (χ1v) is 8.67. The molecule has 1 N–H and O–H groups in total. The monoisotopic (exact) mass is 377 g/mol. The van der Waals surface area contributed by atoms with Gasteiger partial charge in [-0.3, -0.25) is 9.48 Å². The molecule has 0 aliphatic heterocycles. The smallest absolute Gasteiger partial charge is 0.248 e. The summed E-state index contributed by atoms with van der Waals surface area (Å²) < 4.78 is 12.2. The molecule has 0 fully saturated rings. The van der Waals surface area contributed by atoms with Gasteiger partial charge in [0.25, 0.3) is 0 Å². The van der Waals surface area contributed by atoms with Crippen LogP contribution >= 0.6 is 11.6 Å². The lowest BCUT2D eigenvalue weighted by Crippen LogP contribution is -2.08. The van der Waals surface area contributed by atoms with Gasteiger partial charge < -0.3 is 14.8 Å². The van der Waals surface area contributed by atoms with E-state index in [1.165, 1.54) is 6.08 Å². The lowest BCUT2D eigenvalue weighted by molar-refractivity contribution is -0.111. The molecule has 0 saturated heterocycles. The fraction of sp³-hybridized carbons (Fsp3) is 0.368. The van der Waals surface area contributed by atoms with E-state index >= 15 is 0 Å². The molecule has 1 amide bonds. The Morgan fingerprint density at radius 3 is 2.62 bits per heavy atom. The molecule has 0 bridgehead atoms. The van der Waals surface area contributed by atoms with Gasteiger partial charge in [-0.05, 0) is 31.1 Å². The van der Waals surface area contributed by atoms with Crippen molar-refractivity contribution in [3.8, 4) is 11.5 Å². The van der Waals surface area contributed by atoms with Gasteiger partial charge in [-0.15, -0.1) is 0 Å². The second-order valence-corrected chi connectivity index (χ2v) is 6.62. The topological polar surface area (TPSA) is 65.4 Å². The Morgan fingerprint density at radius 1 is 1.31 bits per heavy atom. The van der Waals surface area contributed by atoms with Crippen LogP contribution in [0.1, 0.15) is 25.1 Å². The molecular weight excluding hydrogens is 354 g/mol.